The fourth-order valence-corrected chi connectivity index (χ4v) is 3.33. The summed E-state index contributed by atoms with van der Waals surface area (Å²) in [5.74, 6) is 0.202. The number of esters is 1. The zero-order chi connectivity index (χ0) is 24.6. The number of aromatic hydroxyl groups is 1. The van der Waals surface area contributed by atoms with Gasteiger partial charge in [-0.25, -0.2) is 0 Å². The summed E-state index contributed by atoms with van der Waals surface area (Å²) in [7, 11) is 1.50. The summed E-state index contributed by atoms with van der Waals surface area (Å²) in [5.41, 5.74) is 4.11. The summed E-state index contributed by atoms with van der Waals surface area (Å²) in [6.45, 7) is 10.1. The minimum atomic E-state index is -0.606. The average Bonchev–Trinajstić information content (AvgIpc) is 2.74. The van der Waals surface area contributed by atoms with Crippen molar-refractivity contribution in [2.75, 3.05) is 7.11 Å². The number of methoxy groups -OCH3 is 1. The molecule has 0 amide bonds. The number of benzene rings is 2. The van der Waals surface area contributed by atoms with Crippen molar-refractivity contribution >= 4 is 23.3 Å². The monoisotopic (exact) mass is 472 g/mol. The lowest BCUT2D eigenvalue weighted by Crippen LogP contribution is -2.45. The van der Waals surface area contributed by atoms with E-state index in [4.69, 9.17) is 21.7 Å². The number of aryl methyl sites for hydroxylation is 3. The molecule has 2 aromatic rings. The third-order valence-electron chi connectivity index (χ3n) is 5.35. The lowest BCUT2D eigenvalue weighted by atomic mass is 9.97. The lowest BCUT2D eigenvalue weighted by Gasteiger charge is -2.25. The van der Waals surface area contributed by atoms with Crippen LogP contribution in [-0.4, -0.2) is 29.5 Å². The molecule has 2 aromatic carbocycles. The average molecular weight is 473 g/mol. The molecule has 3 N–H and O–H groups in total. The van der Waals surface area contributed by atoms with E-state index in [-0.39, 0.29) is 11.7 Å². The molecule has 0 bridgehead atoms. The largest absolute Gasteiger partial charge is 0.504 e. The first kappa shape index (κ1) is 26.5. The smallest absolute Gasteiger partial charge is 0.313 e. The van der Waals surface area contributed by atoms with E-state index in [2.05, 4.69) is 42.7 Å². The van der Waals surface area contributed by atoms with E-state index in [0.29, 0.717) is 23.8 Å². The maximum Gasteiger partial charge on any atom is 0.313 e. The zero-order valence-electron chi connectivity index (χ0n) is 20.5. The Kier molecular flexibility index (Phi) is 9.53. The van der Waals surface area contributed by atoms with Crippen molar-refractivity contribution in [3.05, 3.63) is 58.7 Å². The Morgan fingerprint density at radius 2 is 1.79 bits per heavy atom. The summed E-state index contributed by atoms with van der Waals surface area (Å²) in [4.78, 5) is 12.5. The molecular weight excluding hydrogens is 436 g/mol. The molecule has 33 heavy (non-hydrogen) atoms. The van der Waals surface area contributed by atoms with Gasteiger partial charge in [-0.2, -0.15) is 0 Å². The Morgan fingerprint density at radius 3 is 2.42 bits per heavy atom. The number of hydrogen-bond donors (Lipinski definition) is 3. The van der Waals surface area contributed by atoms with E-state index in [9.17, 15) is 9.90 Å². The molecule has 0 heterocycles. The highest BCUT2D eigenvalue weighted by atomic mass is 32.1. The van der Waals surface area contributed by atoms with Crippen LogP contribution < -0.4 is 15.4 Å². The highest BCUT2D eigenvalue weighted by molar-refractivity contribution is 7.80. The first-order valence-electron chi connectivity index (χ1n) is 11.2. The van der Waals surface area contributed by atoms with E-state index in [1.54, 1.807) is 18.2 Å². The van der Waals surface area contributed by atoms with Crippen molar-refractivity contribution in [2.45, 2.75) is 66.7 Å². The van der Waals surface area contributed by atoms with E-state index in [1.165, 1.54) is 23.8 Å². The normalized spacial score (nSPS) is 12.1. The Hall–Kier alpha value is -2.80. The molecule has 1 atom stereocenters. The molecule has 6 nitrogen and oxygen atoms in total. The molecule has 0 saturated heterocycles. The Morgan fingerprint density at radius 1 is 1.09 bits per heavy atom. The van der Waals surface area contributed by atoms with Crippen LogP contribution in [0.2, 0.25) is 0 Å². The standard InChI is InChI=1S/C26H36N2O4S/c1-17-10-11-19(14-18(17)2)8-7-9-23(32-24(30)26(3,4)5)28-25(33)27-16-20-12-13-21(29)22(15-20)31-6/h10-15,23,29H,7-9,16H2,1-6H3,(H2,27,28,33). The van der Waals surface area contributed by atoms with Crippen LogP contribution in [-0.2, 0) is 22.5 Å². The lowest BCUT2D eigenvalue weighted by molar-refractivity contribution is -0.159. The van der Waals surface area contributed by atoms with Gasteiger partial charge in [-0.1, -0.05) is 24.3 Å². The van der Waals surface area contributed by atoms with Crippen LogP contribution in [0.15, 0.2) is 36.4 Å². The summed E-state index contributed by atoms with van der Waals surface area (Å²) in [6.07, 6.45) is 1.83. The van der Waals surface area contributed by atoms with E-state index < -0.39 is 11.6 Å². The number of phenols is 1. The number of thiocarbonyl (C=S) groups is 1. The van der Waals surface area contributed by atoms with Gasteiger partial charge in [0.2, 0.25) is 0 Å². The minimum absolute atomic E-state index is 0.0832. The Bertz CT molecular complexity index is 969. The number of hydrogen-bond acceptors (Lipinski definition) is 5. The molecular formula is C26H36N2O4S. The summed E-state index contributed by atoms with van der Waals surface area (Å²) < 4.78 is 10.9. The van der Waals surface area contributed by atoms with Gasteiger partial charge in [0.1, 0.15) is 0 Å². The Balaban J connectivity index is 1.96. The number of carbonyl (C=O) groups is 1. The van der Waals surface area contributed by atoms with E-state index >= 15 is 0 Å². The third-order valence-corrected chi connectivity index (χ3v) is 5.62. The van der Waals surface area contributed by atoms with Crippen LogP contribution in [0.3, 0.4) is 0 Å². The van der Waals surface area contributed by atoms with Crippen LogP contribution in [0.4, 0.5) is 0 Å². The molecule has 0 fully saturated rings. The number of phenolic OH excluding ortho intramolecular Hbond substituents is 1. The molecule has 180 valence electrons. The molecule has 0 aliphatic carbocycles. The van der Waals surface area contributed by atoms with Crippen molar-refractivity contribution in [3.8, 4) is 11.5 Å². The van der Waals surface area contributed by atoms with Gasteiger partial charge in [-0.15, -0.1) is 0 Å². The summed E-state index contributed by atoms with van der Waals surface area (Å²) in [6, 6.07) is 11.6. The highest BCUT2D eigenvalue weighted by Gasteiger charge is 2.26. The molecule has 2 rings (SSSR count). The molecule has 0 aliphatic heterocycles. The van der Waals surface area contributed by atoms with Crippen molar-refractivity contribution in [2.24, 2.45) is 5.41 Å². The predicted octanol–water partition coefficient (Wildman–Crippen LogP) is 4.92. The molecule has 7 heteroatoms. The molecule has 0 radical (unpaired) electrons. The molecule has 0 spiro atoms. The van der Waals surface area contributed by atoms with Gasteiger partial charge in [0.25, 0.3) is 0 Å². The first-order valence-corrected chi connectivity index (χ1v) is 11.6. The fraction of sp³-hybridized carbons (Fsp3) is 0.462. The fourth-order valence-electron chi connectivity index (χ4n) is 3.13. The minimum Gasteiger partial charge on any atom is -0.504 e. The number of carbonyl (C=O) groups excluding carboxylic acids is 1. The van der Waals surface area contributed by atoms with Gasteiger partial charge in [-0.3, -0.25) is 4.79 Å². The van der Waals surface area contributed by atoms with Gasteiger partial charge in [0.05, 0.1) is 12.5 Å². The summed E-state index contributed by atoms with van der Waals surface area (Å²) in [5, 5.41) is 16.4. The number of rotatable bonds is 9. The second-order valence-electron chi connectivity index (χ2n) is 9.29. The topological polar surface area (TPSA) is 79.8 Å². The maximum atomic E-state index is 12.5. The predicted molar refractivity (Wildman–Crippen MR) is 135 cm³/mol. The van der Waals surface area contributed by atoms with Crippen molar-refractivity contribution in [1.82, 2.24) is 10.6 Å². The SMILES string of the molecule is COc1cc(CNC(=S)NC(CCCc2ccc(C)c(C)c2)OC(=O)C(C)(C)C)ccc1O. The number of ether oxygens (including phenoxy) is 2. The molecule has 0 aliphatic rings. The van der Waals surface area contributed by atoms with Crippen LogP contribution in [0.25, 0.3) is 0 Å². The van der Waals surface area contributed by atoms with Gasteiger partial charge >= 0.3 is 5.97 Å². The summed E-state index contributed by atoms with van der Waals surface area (Å²) >= 11 is 5.44. The van der Waals surface area contributed by atoms with E-state index in [0.717, 1.165) is 18.4 Å². The van der Waals surface area contributed by atoms with Crippen molar-refractivity contribution in [1.29, 1.82) is 0 Å². The Labute approximate surface area is 202 Å². The highest BCUT2D eigenvalue weighted by Crippen LogP contribution is 2.26. The molecule has 0 saturated carbocycles. The molecule has 1 unspecified atom stereocenters. The van der Waals surface area contributed by atoms with Crippen LogP contribution in [0, 0.1) is 19.3 Å². The van der Waals surface area contributed by atoms with Crippen LogP contribution >= 0.6 is 12.2 Å². The number of nitrogens with one attached hydrogen (secondary N) is 2. The van der Waals surface area contributed by atoms with Gasteiger partial charge in [-0.05, 0) is 94.1 Å². The zero-order valence-corrected chi connectivity index (χ0v) is 21.3. The second-order valence-corrected chi connectivity index (χ2v) is 9.70. The van der Waals surface area contributed by atoms with Gasteiger partial charge in [0.15, 0.2) is 22.8 Å². The maximum absolute atomic E-state index is 12.5. The van der Waals surface area contributed by atoms with Gasteiger partial charge < -0.3 is 25.2 Å². The third kappa shape index (κ3) is 8.57. The van der Waals surface area contributed by atoms with E-state index in [1.807, 2.05) is 20.8 Å². The quantitative estimate of drug-likeness (QED) is 0.272. The molecule has 0 aromatic heterocycles. The first-order chi connectivity index (χ1) is 15.5. The van der Waals surface area contributed by atoms with Gasteiger partial charge in [0, 0.05) is 13.0 Å². The van der Waals surface area contributed by atoms with Crippen molar-refractivity contribution in [3.63, 3.8) is 0 Å². The van der Waals surface area contributed by atoms with Crippen LogP contribution in [0.1, 0.15) is 55.9 Å². The van der Waals surface area contributed by atoms with Crippen LogP contribution in [0.5, 0.6) is 11.5 Å². The van der Waals surface area contributed by atoms with Crippen molar-refractivity contribution < 1.29 is 19.4 Å². The second kappa shape index (κ2) is 11.9.